The first kappa shape index (κ1) is 14.0. The highest BCUT2D eigenvalue weighted by atomic mass is 16.5. The maximum absolute atomic E-state index is 9.60. The van der Waals surface area contributed by atoms with E-state index in [2.05, 4.69) is 35.0 Å². The maximum atomic E-state index is 9.60. The Kier molecular flexibility index (Phi) is 3.18. The van der Waals surface area contributed by atoms with Crippen molar-refractivity contribution in [1.29, 1.82) is 5.26 Å². The van der Waals surface area contributed by atoms with Gasteiger partial charge in [0.15, 0.2) is 0 Å². The van der Waals surface area contributed by atoms with Gasteiger partial charge < -0.3 is 15.4 Å². The lowest BCUT2D eigenvalue weighted by atomic mass is 9.67. The summed E-state index contributed by atoms with van der Waals surface area (Å²) in [6, 6.07) is 2.80. The van der Waals surface area contributed by atoms with E-state index in [9.17, 15) is 5.26 Å². The first-order valence-corrected chi connectivity index (χ1v) is 7.37. The summed E-state index contributed by atoms with van der Waals surface area (Å²) in [7, 11) is 0. The van der Waals surface area contributed by atoms with Gasteiger partial charge in [0.05, 0.1) is 0 Å². The number of aromatic nitrogens is 2. The normalized spacial score (nSPS) is 21.3. The first-order valence-electron chi connectivity index (χ1n) is 7.37. The molecule has 1 aromatic rings. The van der Waals surface area contributed by atoms with E-state index >= 15 is 0 Å². The van der Waals surface area contributed by atoms with Crippen LogP contribution in [0.2, 0.25) is 0 Å². The van der Waals surface area contributed by atoms with Crippen molar-refractivity contribution in [3.8, 4) is 11.9 Å². The van der Waals surface area contributed by atoms with Crippen molar-refractivity contribution in [1.82, 2.24) is 15.1 Å². The number of hydrogen-bond donors (Lipinski definition) is 2. The summed E-state index contributed by atoms with van der Waals surface area (Å²) in [5, 5.41) is 16.8. The van der Waals surface area contributed by atoms with Gasteiger partial charge in [0.2, 0.25) is 11.8 Å². The molecule has 2 aliphatic rings. The number of nitriles is 1. The summed E-state index contributed by atoms with van der Waals surface area (Å²) in [5.74, 6) is 0.733. The Morgan fingerprint density at radius 3 is 2.67 bits per heavy atom. The molecule has 1 spiro atoms. The maximum Gasteiger partial charge on any atom is 0.244 e. The summed E-state index contributed by atoms with van der Waals surface area (Å²) >= 11 is 0. The van der Waals surface area contributed by atoms with Crippen molar-refractivity contribution in [3.05, 3.63) is 22.7 Å². The van der Waals surface area contributed by atoms with Gasteiger partial charge in [0.1, 0.15) is 11.6 Å². The lowest BCUT2D eigenvalue weighted by Crippen LogP contribution is -2.48. The molecular formula is C15H21N5O. The Balaban J connectivity index is 2.07. The lowest BCUT2D eigenvalue weighted by Gasteiger charge is -2.44. The van der Waals surface area contributed by atoms with Gasteiger partial charge in [-0.25, -0.2) is 0 Å². The van der Waals surface area contributed by atoms with E-state index in [1.807, 2.05) is 6.92 Å². The van der Waals surface area contributed by atoms with Gasteiger partial charge >= 0.3 is 0 Å². The molecular weight excluding hydrogens is 266 g/mol. The topological polar surface area (TPSA) is 91.0 Å². The molecule has 0 atom stereocenters. The average Bonchev–Trinajstić information content (AvgIpc) is 2.81. The molecule has 0 aliphatic carbocycles. The zero-order valence-electron chi connectivity index (χ0n) is 12.7. The molecule has 0 saturated carbocycles. The minimum Gasteiger partial charge on any atom is -0.420 e. The molecule has 1 saturated heterocycles. The number of likely N-dealkylation sites (tertiary alicyclic amines) is 1. The van der Waals surface area contributed by atoms with Gasteiger partial charge in [0.25, 0.3) is 0 Å². The number of ether oxygens (including phenoxy) is 1. The number of aromatic amines is 1. The molecule has 6 nitrogen and oxygen atoms in total. The number of nitrogens with zero attached hydrogens (tertiary/aromatic N) is 3. The highest BCUT2D eigenvalue weighted by Gasteiger charge is 2.48. The fourth-order valence-corrected chi connectivity index (χ4v) is 3.64. The second kappa shape index (κ2) is 4.78. The largest absolute Gasteiger partial charge is 0.420 e. The molecule has 3 N–H and O–H groups in total. The van der Waals surface area contributed by atoms with Crippen LogP contribution in [0.15, 0.2) is 11.5 Å². The Morgan fingerprint density at radius 1 is 1.43 bits per heavy atom. The van der Waals surface area contributed by atoms with Gasteiger partial charge in [-0.3, -0.25) is 5.10 Å². The smallest absolute Gasteiger partial charge is 0.244 e. The van der Waals surface area contributed by atoms with E-state index in [1.165, 1.54) is 0 Å². The van der Waals surface area contributed by atoms with Crippen LogP contribution in [-0.2, 0) is 5.41 Å². The Labute approximate surface area is 124 Å². The summed E-state index contributed by atoms with van der Waals surface area (Å²) in [5.41, 5.74) is 8.16. The third-order valence-electron chi connectivity index (χ3n) is 4.82. The second-order valence-electron chi connectivity index (χ2n) is 6.19. The van der Waals surface area contributed by atoms with Crippen LogP contribution in [0.4, 0.5) is 0 Å². The van der Waals surface area contributed by atoms with Crippen LogP contribution in [0, 0.1) is 18.3 Å². The van der Waals surface area contributed by atoms with Crippen molar-refractivity contribution in [2.45, 2.75) is 45.1 Å². The quantitative estimate of drug-likeness (QED) is 0.817. The number of fused-ring (bicyclic) bond motifs is 2. The molecule has 3 heterocycles. The molecule has 0 amide bonds. The predicted octanol–water partition coefficient (Wildman–Crippen LogP) is 1.55. The molecule has 1 fully saturated rings. The van der Waals surface area contributed by atoms with Crippen molar-refractivity contribution in [2.75, 3.05) is 13.1 Å². The van der Waals surface area contributed by atoms with Crippen molar-refractivity contribution in [2.24, 2.45) is 5.73 Å². The SMILES string of the molecule is Cc1[nH]nc2c1C1(CCN(C(C)C)CC1)C(C#N)=C(N)O2. The standard InChI is InChI=1S/C15H21N5O/c1-9(2)20-6-4-15(5-7-20)11(8-16)13(17)21-14-12(15)10(3)18-19-14/h9H,4-7,17H2,1-3H3,(H,18,19). The summed E-state index contributed by atoms with van der Waals surface area (Å²) < 4.78 is 5.54. The fraction of sp³-hybridized carbons (Fsp3) is 0.600. The van der Waals surface area contributed by atoms with Crippen LogP contribution in [0.25, 0.3) is 0 Å². The van der Waals surface area contributed by atoms with E-state index in [1.54, 1.807) is 0 Å². The zero-order chi connectivity index (χ0) is 15.2. The highest BCUT2D eigenvalue weighted by molar-refractivity contribution is 5.54. The predicted molar refractivity (Wildman–Crippen MR) is 78.4 cm³/mol. The Bertz CT molecular complexity index is 629. The van der Waals surface area contributed by atoms with Crippen LogP contribution in [0.3, 0.4) is 0 Å². The number of aryl methyl sites for hydroxylation is 1. The molecule has 0 radical (unpaired) electrons. The van der Waals surface area contributed by atoms with Crippen LogP contribution in [-0.4, -0.2) is 34.2 Å². The fourth-order valence-electron chi connectivity index (χ4n) is 3.64. The van der Waals surface area contributed by atoms with Gasteiger partial charge in [-0.05, 0) is 46.7 Å². The van der Waals surface area contributed by atoms with Crippen LogP contribution < -0.4 is 10.5 Å². The molecule has 2 aliphatic heterocycles. The average molecular weight is 287 g/mol. The van der Waals surface area contributed by atoms with Crippen LogP contribution in [0.1, 0.15) is 37.9 Å². The number of allylic oxidation sites excluding steroid dienone is 1. The van der Waals surface area contributed by atoms with Crippen LogP contribution >= 0.6 is 0 Å². The Morgan fingerprint density at radius 2 is 2.10 bits per heavy atom. The second-order valence-corrected chi connectivity index (χ2v) is 6.19. The molecule has 3 rings (SSSR count). The van der Waals surface area contributed by atoms with Gasteiger partial charge in [-0.1, -0.05) is 0 Å². The monoisotopic (exact) mass is 287 g/mol. The van der Waals surface area contributed by atoms with Gasteiger partial charge in [0, 0.05) is 22.7 Å². The first-order chi connectivity index (χ1) is 9.99. The van der Waals surface area contributed by atoms with Crippen molar-refractivity contribution in [3.63, 3.8) is 0 Å². The summed E-state index contributed by atoms with van der Waals surface area (Å²) in [4.78, 5) is 2.43. The van der Waals surface area contributed by atoms with E-state index in [0.29, 0.717) is 17.5 Å². The van der Waals surface area contributed by atoms with E-state index < -0.39 is 0 Å². The zero-order valence-corrected chi connectivity index (χ0v) is 12.7. The molecule has 112 valence electrons. The van der Waals surface area contributed by atoms with E-state index in [0.717, 1.165) is 37.2 Å². The summed E-state index contributed by atoms with van der Waals surface area (Å²) in [6.45, 7) is 8.26. The molecule has 21 heavy (non-hydrogen) atoms. The summed E-state index contributed by atoms with van der Waals surface area (Å²) in [6.07, 6.45) is 1.73. The molecule has 1 aromatic heterocycles. The van der Waals surface area contributed by atoms with Gasteiger partial charge in [-0.2, -0.15) is 5.26 Å². The number of piperidine rings is 1. The minimum atomic E-state index is -0.352. The van der Waals surface area contributed by atoms with Crippen molar-refractivity contribution >= 4 is 0 Å². The number of rotatable bonds is 1. The molecule has 0 bridgehead atoms. The number of nitrogens with one attached hydrogen (secondary N) is 1. The number of nitrogens with two attached hydrogens (primary N) is 1. The lowest BCUT2D eigenvalue weighted by molar-refractivity contribution is 0.138. The third kappa shape index (κ3) is 1.92. The molecule has 6 heteroatoms. The molecule has 0 unspecified atom stereocenters. The van der Waals surface area contributed by atoms with E-state index in [4.69, 9.17) is 10.5 Å². The Hall–Kier alpha value is -2.00. The third-order valence-corrected chi connectivity index (χ3v) is 4.82. The number of hydrogen-bond acceptors (Lipinski definition) is 5. The number of H-pyrrole nitrogens is 1. The van der Waals surface area contributed by atoms with Crippen LogP contribution in [0.5, 0.6) is 5.88 Å². The highest BCUT2D eigenvalue weighted by Crippen LogP contribution is 2.49. The van der Waals surface area contributed by atoms with Crippen molar-refractivity contribution < 1.29 is 4.74 Å². The van der Waals surface area contributed by atoms with Gasteiger partial charge in [-0.15, -0.1) is 5.10 Å². The van der Waals surface area contributed by atoms with E-state index in [-0.39, 0.29) is 11.3 Å². The molecule has 0 aromatic carbocycles. The minimum absolute atomic E-state index is 0.203.